The van der Waals surface area contributed by atoms with E-state index >= 15 is 0 Å². The molecule has 1 aliphatic carbocycles. The van der Waals surface area contributed by atoms with Crippen LogP contribution < -0.4 is 0 Å². The van der Waals surface area contributed by atoms with Crippen molar-refractivity contribution in [1.29, 1.82) is 0 Å². The maximum atomic E-state index is 5.63. The molecule has 1 saturated heterocycles. The lowest BCUT2D eigenvalue weighted by molar-refractivity contribution is 0.00573. The number of rotatable bonds is 9. The molecule has 0 aromatic carbocycles. The van der Waals surface area contributed by atoms with E-state index in [1.807, 2.05) is 6.92 Å². The Morgan fingerprint density at radius 1 is 1.00 bits per heavy atom. The number of hydrogen-bond donors (Lipinski definition) is 0. The Morgan fingerprint density at radius 2 is 1.76 bits per heavy atom. The molecule has 0 bridgehead atoms. The molecule has 2 aliphatic rings. The van der Waals surface area contributed by atoms with Crippen LogP contribution in [0, 0.1) is 5.92 Å². The first-order valence-corrected chi connectivity index (χ1v) is 6.80. The highest BCUT2D eigenvalue weighted by atomic mass is 16.6. The molecule has 3 atom stereocenters. The summed E-state index contributed by atoms with van der Waals surface area (Å²) in [4.78, 5) is 0. The molecule has 0 amide bonds. The normalized spacial score (nSPS) is 31.2. The van der Waals surface area contributed by atoms with Gasteiger partial charge in [-0.05, 0) is 19.8 Å². The molecular weight excluding hydrogens is 220 g/mol. The molecule has 4 heteroatoms. The van der Waals surface area contributed by atoms with Gasteiger partial charge in [0.25, 0.3) is 0 Å². The third-order valence-corrected chi connectivity index (χ3v) is 3.43. The summed E-state index contributed by atoms with van der Waals surface area (Å²) in [6, 6.07) is 0. The SMILES string of the molecule is CCOCCOCCOCC1CCCC2OC12. The summed E-state index contributed by atoms with van der Waals surface area (Å²) in [5.74, 6) is 0.622. The Kier molecular flexibility index (Phi) is 5.71. The van der Waals surface area contributed by atoms with Crippen LogP contribution in [0.4, 0.5) is 0 Å². The van der Waals surface area contributed by atoms with E-state index in [4.69, 9.17) is 18.9 Å². The van der Waals surface area contributed by atoms with E-state index in [2.05, 4.69) is 0 Å². The minimum absolute atomic E-state index is 0.502. The van der Waals surface area contributed by atoms with Crippen molar-refractivity contribution in [1.82, 2.24) is 0 Å². The maximum Gasteiger partial charge on any atom is 0.0891 e. The first-order chi connectivity index (χ1) is 8.42. The topological polar surface area (TPSA) is 40.2 Å². The molecular formula is C13H24O4. The van der Waals surface area contributed by atoms with E-state index in [1.54, 1.807) is 0 Å². The molecule has 0 radical (unpaired) electrons. The van der Waals surface area contributed by atoms with Gasteiger partial charge in [-0.15, -0.1) is 0 Å². The summed E-state index contributed by atoms with van der Waals surface area (Å²) >= 11 is 0. The Hall–Kier alpha value is -0.160. The minimum atomic E-state index is 0.502. The predicted molar refractivity (Wildman–Crippen MR) is 64.1 cm³/mol. The standard InChI is InChI=1S/C13H24O4/c1-2-14-6-7-15-8-9-16-10-11-4-3-5-12-13(11)17-12/h11-13H,2-10H2,1H3. The molecule has 2 fully saturated rings. The third kappa shape index (κ3) is 4.54. The lowest BCUT2D eigenvalue weighted by Crippen LogP contribution is -2.22. The number of ether oxygens (including phenoxy) is 4. The lowest BCUT2D eigenvalue weighted by Gasteiger charge is -2.17. The fourth-order valence-corrected chi connectivity index (χ4v) is 2.44. The highest BCUT2D eigenvalue weighted by molar-refractivity contribution is 4.94. The van der Waals surface area contributed by atoms with Crippen LogP contribution in [0.15, 0.2) is 0 Å². The molecule has 1 aliphatic heterocycles. The summed E-state index contributed by atoms with van der Waals surface area (Å²) in [5.41, 5.74) is 0. The highest BCUT2D eigenvalue weighted by Crippen LogP contribution is 2.40. The van der Waals surface area contributed by atoms with Crippen molar-refractivity contribution in [2.75, 3.05) is 39.6 Å². The van der Waals surface area contributed by atoms with Gasteiger partial charge in [-0.2, -0.15) is 0 Å². The van der Waals surface area contributed by atoms with E-state index in [0.717, 1.165) is 13.2 Å². The Bertz CT molecular complexity index is 210. The first-order valence-electron chi connectivity index (χ1n) is 6.80. The van der Waals surface area contributed by atoms with Crippen LogP contribution in [0.25, 0.3) is 0 Å². The van der Waals surface area contributed by atoms with Crippen LogP contribution >= 0.6 is 0 Å². The lowest BCUT2D eigenvalue weighted by atomic mass is 9.90. The van der Waals surface area contributed by atoms with Crippen molar-refractivity contribution < 1.29 is 18.9 Å². The van der Waals surface area contributed by atoms with Gasteiger partial charge in [0.05, 0.1) is 45.2 Å². The second-order valence-electron chi connectivity index (χ2n) is 4.71. The molecule has 0 aromatic heterocycles. The Balaban J connectivity index is 1.39. The zero-order valence-corrected chi connectivity index (χ0v) is 10.7. The summed E-state index contributed by atoms with van der Waals surface area (Å²) in [6.07, 6.45) is 4.86. The summed E-state index contributed by atoms with van der Waals surface area (Å²) < 4.78 is 21.8. The van der Waals surface area contributed by atoms with Gasteiger partial charge in [0, 0.05) is 12.5 Å². The summed E-state index contributed by atoms with van der Waals surface area (Å²) in [5, 5.41) is 0. The fourth-order valence-electron chi connectivity index (χ4n) is 2.44. The second kappa shape index (κ2) is 7.31. The molecule has 0 aromatic rings. The zero-order valence-electron chi connectivity index (χ0n) is 10.7. The van der Waals surface area contributed by atoms with Crippen molar-refractivity contribution in [3.63, 3.8) is 0 Å². The van der Waals surface area contributed by atoms with Crippen LogP contribution in [0.2, 0.25) is 0 Å². The van der Waals surface area contributed by atoms with Gasteiger partial charge in [-0.3, -0.25) is 0 Å². The molecule has 3 unspecified atom stereocenters. The molecule has 0 N–H and O–H groups in total. The smallest absolute Gasteiger partial charge is 0.0891 e. The molecule has 0 spiro atoms. The number of epoxide rings is 1. The van der Waals surface area contributed by atoms with Gasteiger partial charge >= 0.3 is 0 Å². The van der Waals surface area contributed by atoms with Crippen molar-refractivity contribution in [3.05, 3.63) is 0 Å². The van der Waals surface area contributed by atoms with Gasteiger partial charge in [0.1, 0.15) is 0 Å². The van der Waals surface area contributed by atoms with E-state index in [-0.39, 0.29) is 0 Å². The number of fused-ring (bicyclic) bond motifs is 1. The van der Waals surface area contributed by atoms with Crippen LogP contribution in [-0.2, 0) is 18.9 Å². The monoisotopic (exact) mass is 244 g/mol. The van der Waals surface area contributed by atoms with Gasteiger partial charge in [0.2, 0.25) is 0 Å². The number of hydrogen-bond acceptors (Lipinski definition) is 4. The minimum Gasteiger partial charge on any atom is -0.379 e. The van der Waals surface area contributed by atoms with Crippen LogP contribution in [0.1, 0.15) is 26.2 Å². The largest absolute Gasteiger partial charge is 0.379 e. The van der Waals surface area contributed by atoms with Crippen LogP contribution in [-0.4, -0.2) is 51.8 Å². The molecule has 100 valence electrons. The molecule has 17 heavy (non-hydrogen) atoms. The highest BCUT2D eigenvalue weighted by Gasteiger charge is 2.46. The summed E-state index contributed by atoms with van der Waals surface area (Å²) in [6.45, 7) is 6.25. The van der Waals surface area contributed by atoms with Gasteiger partial charge in [-0.25, -0.2) is 0 Å². The second-order valence-corrected chi connectivity index (χ2v) is 4.71. The van der Waals surface area contributed by atoms with Crippen molar-refractivity contribution in [2.45, 2.75) is 38.4 Å². The van der Waals surface area contributed by atoms with E-state index in [9.17, 15) is 0 Å². The quantitative estimate of drug-likeness (QED) is 0.456. The Morgan fingerprint density at radius 3 is 2.59 bits per heavy atom. The van der Waals surface area contributed by atoms with Gasteiger partial charge < -0.3 is 18.9 Å². The van der Waals surface area contributed by atoms with Crippen LogP contribution in [0.5, 0.6) is 0 Å². The van der Waals surface area contributed by atoms with Crippen molar-refractivity contribution in [2.24, 2.45) is 5.92 Å². The Labute approximate surface area is 104 Å². The van der Waals surface area contributed by atoms with E-state index < -0.39 is 0 Å². The van der Waals surface area contributed by atoms with Crippen molar-refractivity contribution in [3.8, 4) is 0 Å². The van der Waals surface area contributed by atoms with Crippen molar-refractivity contribution >= 4 is 0 Å². The molecule has 1 heterocycles. The average molecular weight is 244 g/mol. The molecule has 4 nitrogen and oxygen atoms in total. The molecule has 2 rings (SSSR count). The summed E-state index contributed by atoms with van der Waals surface area (Å²) in [7, 11) is 0. The molecule has 1 saturated carbocycles. The predicted octanol–water partition coefficient (Wildman–Crippen LogP) is 1.62. The van der Waals surface area contributed by atoms with Crippen LogP contribution in [0.3, 0.4) is 0 Å². The third-order valence-electron chi connectivity index (χ3n) is 3.43. The zero-order chi connectivity index (χ0) is 11.9. The van der Waals surface area contributed by atoms with Gasteiger partial charge in [0.15, 0.2) is 0 Å². The maximum absolute atomic E-state index is 5.63. The fraction of sp³-hybridized carbons (Fsp3) is 1.00. The van der Waals surface area contributed by atoms with E-state index in [0.29, 0.717) is 44.6 Å². The van der Waals surface area contributed by atoms with Gasteiger partial charge in [-0.1, -0.05) is 6.42 Å². The average Bonchev–Trinajstić information content (AvgIpc) is 3.12. The first kappa shape index (κ1) is 13.3. The van der Waals surface area contributed by atoms with E-state index in [1.165, 1.54) is 19.3 Å².